The molecule has 0 aromatic heterocycles. The Morgan fingerprint density at radius 2 is 1.84 bits per heavy atom. The molecule has 2 aliphatic carbocycles. The number of hydrogen-bond donors (Lipinski definition) is 1. The minimum atomic E-state index is 0.340. The standard InChI is InChI=1S/C17H31NO/c1-4-16(12(2)3)14-9-6-10-15(11-14)18-17(19)13-7-5-8-13/h12-16H,4-11H2,1-3H3,(H,18,19). The third kappa shape index (κ3) is 3.73. The van der Waals surface area contributed by atoms with Gasteiger partial charge in [-0.2, -0.15) is 0 Å². The summed E-state index contributed by atoms with van der Waals surface area (Å²) >= 11 is 0. The molecule has 0 saturated heterocycles. The summed E-state index contributed by atoms with van der Waals surface area (Å²) in [5.41, 5.74) is 0. The van der Waals surface area contributed by atoms with E-state index in [-0.39, 0.29) is 0 Å². The molecule has 0 spiro atoms. The zero-order chi connectivity index (χ0) is 13.8. The minimum absolute atomic E-state index is 0.340. The lowest BCUT2D eigenvalue weighted by atomic mass is 9.72. The van der Waals surface area contributed by atoms with Gasteiger partial charge >= 0.3 is 0 Å². The zero-order valence-electron chi connectivity index (χ0n) is 13.0. The van der Waals surface area contributed by atoms with E-state index in [0.29, 0.717) is 17.9 Å². The number of carbonyl (C=O) groups is 1. The van der Waals surface area contributed by atoms with Crippen molar-refractivity contribution >= 4 is 5.91 Å². The van der Waals surface area contributed by atoms with Crippen LogP contribution in [0.15, 0.2) is 0 Å². The highest BCUT2D eigenvalue weighted by molar-refractivity contribution is 5.79. The highest BCUT2D eigenvalue weighted by atomic mass is 16.2. The number of hydrogen-bond acceptors (Lipinski definition) is 1. The monoisotopic (exact) mass is 265 g/mol. The normalized spacial score (nSPS) is 29.9. The van der Waals surface area contributed by atoms with E-state index >= 15 is 0 Å². The van der Waals surface area contributed by atoms with Gasteiger partial charge in [-0.05, 0) is 43.4 Å². The Kier molecular flexibility index (Phi) is 5.29. The lowest BCUT2D eigenvalue weighted by molar-refractivity contribution is -0.128. The van der Waals surface area contributed by atoms with Crippen LogP contribution >= 0.6 is 0 Å². The third-order valence-corrected chi connectivity index (χ3v) is 5.47. The molecular formula is C17H31NO. The summed E-state index contributed by atoms with van der Waals surface area (Å²) in [6, 6.07) is 0.458. The molecule has 19 heavy (non-hydrogen) atoms. The maximum absolute atomic E-state index is 12.1. The van der Waals surface area contributed by atoms with Gasteiger partial charge < -0.3 is 5.32 Å². The molecule has 0 aromatic carbocycles. The molecule has 0 bridgehead atoms. The summed E-state index contributed by atoms with van der Waals surface area (Å²) in [5, 5.41) is 3.33. The fourth-order valence-electron chi connectivity index (χ4n) is 4.09. The van der Waals surface area contributed by atoms with Gasteiger partial charge in [0.2, 0.25) is 5.91 Å². The van der Waals surface area contributed by atoms with Crippen molar-refractivity contribution in [3.63, 3.8) is 0 Å². The van der Waals surface area contributed by atoms with Gasteiger partial charge in [0, 0.05) is 12.0 Å². The van der Waals surface area contributed by atoms with Crippen LogP contribution < -0.4 is 5.32 Å². The second-order valence-electron chi connectivity index (χ2n) is 7.08. The molecule has 2 aliphatic rings. The van der Waals surface area contributed by atoms with E-state index in [4.69, 9.17) is 0 Å². The Morgan fingerprint density at radius 3 is 2.37 bits per heavy atom. The zero-order valence-corrected chi connectivity index (χ0v) is 13.0. The van der Waals surface area contributed by atoms with Crippen LogP contribution in [0.1, 0.15) is 72.1 Å². The summed E-state index contributed by atoms with van der Waals surface area (Å²) in [7, 11) is 0. The molecule has 3 atom stereocenters. The Bertz CT molecular complexity index is 296. The van der Waals surface area contributed by atoms with Crippen molar-refractivity contribution in [2.24, 2.45) is 23.7 Å². The van der Waals surface area contributed by atoms with Crippen molar-refractivity contribution in [3.05, 3.63) is 0 Å². The van der Waals surface area contributed by atoms with Crippen LogP contribution in [0.3, 0.4) is 0 Å². The van der Waals surface area contributed by atoms with E-state index in [9.17, 15) is 4.79 Å². The quantitative estimate of drug-likeness (QED) is 0.795. The predicted octanol–water partition coefficient (Wildman–Crippen LogP) is 4.14. The average molecular weight is 265 g/mol. The first-order valence-electron chi connectivity index (χ1n) is 8.42. The van der Waals surface area contributed by atoms with Crippen LogP contribution in [-0.2, 0) is 4.79 Å². The molecule has 3 unspecified atom stereocenters. The van der Waals surface area contributed by atoms with E-state index in [1.54, 1.807) is 0 Å². The molecule has 0 radical (unpaired) electrons. The average Bonchev–Trinajstić information content (AvgIpc) is 2.27. The molecule has 1 amide bonds. The Morgan fingerprint density at radius 1 is 1.16 bits per heavy atom. The van der Waals surface area contributed by atoms with Crippen LogP contribution in [0.2, 0.25) is 0 Å². The molecule has 1 N–H and O–H groups in total. The highest BCUT2D eigenvalue weighted by Gasteiger charge is 2.32. The first-order chi connectivity index (χ1) is 9.11. The molecule has 2 rings (SSSR count). The van der Waals surface area contributed by atoms with Gasteiger partial charge in [0.15, 0.2) is 0 Å². The molecule has 110 valence electrons. The lowest BCUT2D eigenvalue weighted by Gasteiger charge is -2.37. The van der Waals surface area contributed by atoms with E-state index in [1.807, 2.05) is 0 Å². The Balaban J connectivity index is 1.84. The van der Waals surface area contributed by atoms with Crippen molar-refractivity contribution in [2.45, 2.75) is 78.2 Å². The third-order valence-electron chi connectivity index (χ3n) is 5.47. The van der Waals surface area contributed by atoms with Crippen LogP contribution in [0.25, 0.3) is 0 Å². The van der Waals surface area contributed by atoms with E-state index in [0.717, 1.165) is 30.6 Å². The smallest absolute Gasteiger partial charge is 0.223 e. The van der Waals surface area contributed by atoms with Crippen LogP contribution in [0, 0.1) is 23.7 Å². The largest absolute Gasteiger partial charge is 0.353 e. The fraction of sp³-hybridized carbons (Fsp3) is 0.941. The molecule has 2 nitrogen and oxygen atoms in total. The molecule has 0 heterocycles. The van der Waals surface area contributed by atoms with Crippen molar-refractivity contribution < 1.29 is 4.79 Å². The van der Waals surface area contributed by atoms with E-state index in [1.165, 1.54) is 38.5 Å². The van der Waals surface area contributed by atoms with Gasteiger partial charge in [-0.3, -0.25) is 4.79 Å². The van der Waals surface area contributed by atoms with Gasteiger partial charge in [-0.1, -0.05) is 46.5 Å². The van der Waals surface area contributed by atoms with Gasteiger partial charge in [-0.15, -0.1) is 0 Å². The molecule has 0 aromatic rings. The lowest BCUT2D eigenvalue weighted by Crippen LogP contribution is -2.44. The second-order valence-corrected chi connectivity index (χ2v) is 7.08. The Labute approximate surface area is 118 Å². The molecule has 2 heteroatoms. The SMILES string of the molecule is CCC(C(C)C)C1CCCC(NC(=O)C2CCC2)C1. The fourth-order valence-corrected chi connectivity index (χ4v) is 4.09. The maximum atomic E-state index is 12.1. The number of rotatable bonds is 5. The predicted molar refractivity (Wildman–Crippen MR) is 79.8 cm³/mol. The highest BCUT2D eigenvalue weighted by Crippen LogP contribution is 2.36. The van der Waals surface area contributed by atoms with Gasteiger partial charge in [0.05, 0.1) is 0 Å². The summed E-state index contributed by atoms with van der Waals surface area (Å²) in [4.78, 5) is 12.1. The van der Waals surface area contributed by atoms with E-state index in [2.05, 4.69) is 26.1 Å². The maximum Gasteiger partial charge on any atom is 0.223 e. The van der Waals surface area contributed by atoms with Crippen LogP contribution in [0.5, 0.6) is 0 Å². The van der Waals surface area contributed by atoms with Crippen LogP contribution in [0.4, 0.5) is 0 Å². The summed E-state index contributed by atoms with van der Waals surface area (Å²) in [6.45, 7) is 7.02. The summed E-state index contributed by atoms with van der Waals surface area (Å²) in [6.07, 6.45) is 9.84. The van der Waals surface area contributed by atoms with Gasteiger partial charge in [0.25, 0.3) is 0 Å². The van der Waals surface area contributed by atoms with Gasteiger partial charge in [0.1, 0.15) is 0 Å². The minimum Gasteiger partial charge on any atom is -0.353 e. The van der Waals surface area contributed by atoms with Crippen molar-refractivity contribution in [1.82, 2.24) is 5.32 Å². The van der Waals surface area contributed by atoms with Crippen molar-refractivity contribution in [2.75, 3.05) is 0 Å². The molecule has 2 saturated carbocycles. The molecular weight excluding hydrogens is 234 g/mol. The number of carbonyl (C=O) groups excluding carboxylic acids is 1. The molecule has 2 fully saturated rings. The number of nitrogens with one attached hydrogen (secondary N) is 1. The number of amides is 1. The molecule has 0 aliphatic heterocycles. The van der Waals surface area contributed by atoms with E-state index < -0.39 is 0 Å². The first-order valence-corrected chi connectivity index (χ1v) is 8.42. The van der Waals surface area contributed by atoms with Crippen molar-refractivity contribution in [1.29, 1.82) is 0 Å². The summed E-state index contributed by atoms with van der Waals surface area (Å²) in [5.74, 6) is 3.12. The Hall–Kier alpha value is -0.530. The second kappa shape index (κ2) is 6.76. The summed E-state index contributed by atoms with van der Waals surface area (Å²) < 4.78 is 0. The topological polar surface area (TPSA) is 29.1 Å². The first kappa shape index (κ1) is 14.9. The van der Waals surface area contributed by atoms with Crippen LogP contribution in [-0.4, -0.2) is 11.9 Å². The van der Waals surface area contributed by atoms with Crippen molar-refractivity contribution in [3.8, 4) is 0 Å². The van der Waals surface area contributed by atoms with Gasteiger partial charge in [-0.25, -0.2) is 0 Å².